The molecule has 0 saturated heterocycles. The highest BCUT2D eigenvalue weighted by atomic mass is 32.1. The second-order valence-electron chi connectivity index (χ2n) is 5.94. The summed E-state index contributed by atoms with van der Waals surface area (Å²) in [5.41, 5.74) is 2.34. The Morgan fingerprint density at radius 2 is 1.96 bits per heavy atom. The number of hydrogen-bond donors (Lipinski definition) is 0. The molecule has 1 fully saturated rings. The molecule has 0 spiro atoms. The van der Waals surface area contributed by atoms with Gasteiger partial charge in [-0.1, -0.05) is 42.5 Å². The van der Waals surface area contributed by atoms with Gasteiger partial charge < -0.3 is 14.4 Å². The number of benzene rings is 2. The van der Waals surface area contributed by atoms with Crippen LogP contribution >= 0.6 is 12.2 Å². The minimum atomic E-state index is -0.624. The quantitative estimate of drug-likeness (QED) is 0.554. The molecular weight excluding hydrogens is 325 g/mol. The Morgan fingerprint density at radius 1 is 1.21 bits per heavy atom. The van der Waals surface area contributed by atoms with Crippen molar-refractivity contribution in [2.45, 2.75) is 31.4 Å². The molecule has 0 heterocycles. The van der Waals surface area contributed by atoms with Crippen molar-refractivity contribution in [2.24, 2.45) is 0 Å². The Bertz CT molecular complexity index is 731. The van der Waals surface area contributed by atoms with Gasteiger partial charge in [-0.25, -0.2) is 4.39 Å². The van der Waals surface area contributed by atoms with E-state index in [9.17, 15) is 9.18 Å². The van der Waals surface area contributed by atoms with Crippen LogP contribution < -0.4 is 9.64 Å². The highest BCUT2D eigenvalue weighted by molar-refractivity contribution is 7.79. The van der Waals surface area contributed by atoms with Gasteiger partial charge in [0.05, 0.1) is 5.49 Å². The van der Waals surface area contributed by atoms with Gasteiger partial charge in [0.2, 0.25) is 0 Å². The van der Waals surface area contributed by atoms with Gasteiger partial charge in [0, 0.05) is 11.8 Å². The molecule has 0 aliphatic heterocycles. The normalized spacial score (nSPS) is 15.2. The molecule has 1 aliphatic carbocycles. The molecule has 0 atom stereocenters. The lowest BCUT2D eigenvalue weighted by Crippen LogP contribution is -2.54. The van der Waals surface area contributed by atoms with Crippen LogP contribution in [0.15, 0.2) is 48.5 Å². The maximum atomic E-state index is 14.4. The summed E-state index contributed by atoms with van der Waals surface area (Å²) in [6.07, 6.45) is 3.35. The van der Waals surface area contributed by atoms with Crippen LogP contribution in [0.3, 0.4) is 0 Å². The van der Waals surface area contributed by atoms with Crippen molar-refractivity contribution < 1.29 is 13.9 Å². The van der Waals surface area contributed by atoms with Crippen molar-refractivity contribution in [3.8, 4) is 5.75 Å². The minimum absolute atomic E-state index is 0.181. The van der Waals surface area contributed by atoms with Gasteiger partial charge >= 0.3 is 0 Å². The number of rotatable bonds is 7. The summed E-state index contributed by atoms with van der Waals surface area (Å²) in [5.74, 6) is -0.286. The van der Waals surface area contributed by atoms with Gasteiger partial charge in [-0.15, -0.1) is 0 Å². The number of halogens is 1. The van der Waals surface area contributed by atoms with Gasteiger partial charge in [0.1, 0.15) is 18.4 Å². The van der Waals surface area contributed by atoms with E-state index in [1.807, 2.05) is 30.3 Å². The summed E-state index contributed by atoms with van der Waals surface area (Å²) in [6.45, 7) is 0.298. The van der Waals surface area contributed by atoms with Crippen molar-refractivity contribution in [3.05, 3.63) is 59.9 Å². The van der Waals surface area contributed by atoms with E-state index in [2.05, 4.69) is 0 Å². The van der Waals surface area contributed by atoms with Crippen LogP contribution in [0.5, 0.6) is 5.75 Å². The number of carbonyl (C=O) groups excluding carboxylic acids is 1. The van der Waals surface area contributed by atoms with Gasteiger partial charge in [-0.2, -0.15) is 0 Å². The standard InChI is InChI=1S/C19H18FNO2S/c20-17-11-16(21(14-24)19(13-22)9-4-10-19)7-8-18(17)23-12-15-5-2-1-3-6-15/h1-3,5-8,11,13-14H,4,9-10,12H2. The van der Waals surface area contributed by atoms with E-state index in [1.165, 1.54) is 11.6 Å². The van der Waals surface area contributed by atoms with Gasteiger partial charge in [-0.05, 0) is 37.0 Å². The molecule has 3 nitrogen and oxygen atoms in total. The molecule has 3 rings (SSSR count). The van der Waals surface area contributed by atoms with Crippen molar-refractivity contribution in [2.75, 3.05) is 4.90 Å². The number of hydrogen-bond acceptors (Lipinski definition) is 3. The van der Waals surface area contributed by atoms with Gasteiger partial charge in [0.15, 0.2) is 11.6 Å². The van der Waals surface area contributed by atoms with Gasteiger partial charge in [0.25, 0.3) is 0 Å². The molecule has 1 saturated carbocycles. The minimum Gasteiger partial charge on any atom is -0.486 e. The summed E-state index contributed by atoms with van der Waals surface area (Å²) < 4.78 is 19.9. The third-order valence-corrected chi connectivity index (χ3v) is 4.67. The van der Waals surface area contributed by atoms with E-state index in [0.717, 1.165) is 31.1 Å². The number of nitrogens with zero attached hydrogens (tertiary/aromatic N) is 1. The largest absolute Gasteiger partial charge is 0.486 e. The SMILES string of the molecule is O=CC1(N(C=S)c2ccc(OCc3ccccc3)c(F)c2)CCC1. The van der Waals surface area contributed by atoms with Crippen LogP contribution in [0, 0.1) is 5.82 Å². The summed E-state index contributed by atoms with van der Waals surface area (Å²) >= 11 is 5.05. The summed E-state index contributed by atoms with van der Waals surface area (Å²) in [7, 11) is 0. The molecule has 124 valence electrons. The second kappa shape index (κ2) is 7.09. The first-order valence-electron chi connectivity index (χ1n) is 7.86. The molecule has 1 aliphatic rings. The lowest BCUT2D eigenvalue weighted by Gasteiger charge is -2.45. The maximum Gasteiger partial charge on any atom is 0.167 e. The topological polar surface area (TPSA) is 29.5 Å². The Hall–Kier alpha value is -2.27. The summed E-state index contributed by atoms with van der Waals surface area (Å²) in [4.78, 5) is 13.2. The van der Waals surface area contributed by atoms with Crippen LogP contribution in [0.2, 0.25) is 0 Å². The molecule has 5 heteroatoms. The molecule has 2 aromatic rings. The average Bonchev–Trinajstić information content (AvgIpc) is 2.58. The Kier molecular flexibility index (Phi) is 4.90. The Balaban J connectivity index is 1.76. The molecular formula is C19H18FNO2S. The monoisotopic (exact) mass is 343 g/mol. The summed E-state index contributed by atoms with van der Waals surface area (Å²) in [5, 5.41) is 0. The highest BCUT2D eigenvalue weighted by Gasteiger charge is 2.42. The Morgan fingerprint density at radius 3 is 2.50 bits per heavy atom. The first kappa shape index (κ1) is 16.6. The lowest BCUT2D eigenvalue weighted by atomic mass is 9.76. The molecule has 0 radical (unpaired) electrons. The van der Waals surface area contributed by atoms with Crippen LogP contribution in [0.25, 0.3) is 0 Å². The van der Waals surface area contributed by atoms with Crippen molar-refractivity contribution in [3.63, 3.8) is 0 Å². The smallest absolute Gasteiger partial charge is 0.167 e. The maximum absolute atomic E-state index is 14.4. The molecule has 2 aromatic carbocycles. The molecule has 0 unspecified atom stereocenters. The number of aldehydes is 1. The first-order valence-corrected chi connectivity index (χ1v) is 8.33. The fraction of sp³-hybridized carbons (Fsp3) is 0.263. The molecule has 0 aromatic heterocycles. The number of carbonyl (C=O) groups is 1. The average molecular weight is 343 g/mol. The third-order valence-electron chi connectivity index (χ3n) is 4.45. The zero-order chi connectivity index (χ0) is 17.0. The van der Waals surface area contributed by atoms with Crippen molar-refractivity contribution >= 4 is 29.7 Å². The number of anilines is 1. The predicted molar refractivity (Wildman–Crippen MR) is 96.0 cm³/mol. The van der Waals surface area contributed by atoms with Crippen molar-refractivity contribution in [1.29, 1.82) is 0 Å². The number of thiocarbonyl (C=S) groups is 1. The van der Waals surface area contributed by atoms with E-state index in [1.54, 1.807) is 17.0 Å². The zero-order valence-corrected chi connectivity index (χ0v) is 14.0. The molecule has 24 heavy (non-hydrogen) atoms. The van der Waals surface area contributed by atoms with E-state index < -0.39 is 11.4 Å². The fourth-order valence-electron chi connectivity index (χ4n) is 2.87. The van der Waals surface area contributed by atoms with Crippen molar-refractivity contribution in [1.82, 2.24) is 0 Å². The molecule has 0 N–H and O–H groups in total. The first-order chi connectivity index (χ1) is 11.7. The lowest BCUT2D eigenvalue weighted by molar-refractivity contribution is -0.114. The third kappa shape index (κ3) is 3.17. The summed E-state index contributed by atoms with van der Waals surface area (Å²) in [6, 6.07) is 14.3. The second-order valence-corrected chi connectivity index (χ2v) is 6.15. The van der Waals surface area contributed by atoms with Crippen LogP contribution in [0.4, 0.5) is 10.1 Å². The van der Waals surface area contributed by atoms with Crippen LogP contribution in [-0.4, -0.2) is 17.3 Å². The number of ether oxygens (including phenoxy) is 1. The van der Waals surface area contributed by atoms with E-state index in [0.29, 0.717) is 12.3 Å². The Labute approximate surface area is 146 Å². The molecule has 0 amide bonds. The van der Waals surface area contributed by atoms with E-state index in [-0.39, 0.29) is 5.75 Å². The molecule has 0 bridgehead atoms. The van der Waals surface area contributed by atoms with E-state index in [4.69, 9.17) is 17.0 Å². The van der Waals surface area contributed by atoms with Crippen LogP contribution in [-0.2, 0) is 11.4 Å². The van der Waals surface area contributed by atoms with E-state index >= 15 is 0 Å². The van der Waals surface area contributed by atoms with Crippen LogP contribution in [0.1, 0.15) is 24.8 Å². The van der Waals surface area contributed by atoms with Gasteiger partial charge in [-0.3, -0.25) is 0 Å². The fourth-order valence-corrected chi connectivity index (χ4v) is 3.20. The predicted octanol–water partition coefficient (Wildman–Crippen LogP) is 4.29. The highest BCUT2D eigenvalue weighted by Crippen LogP contribution is 2.39. The zero-order valence-electron chi connectivity index (χ0n) is 13.2.